The van der Waals surface area contributed by atoms with Crippen LogP contribution in [-0.4, -0.2) is 36.4 Å². The minimum atomic E-state index is -0.761. The summed E-state index contributed by atoms with van der Waals surface area (Å²) < 4.78 is 10.6. The quantitative estimate of drug-likeness (QED) is 0.0561. The first-order valence-electron chi connectivity index (χ1n) is 19.5. The average Bonchev–Trinajstić information content (AvgIpc) is 3.01. The Morgan fingerprint density at radius 2 is 0.841 bits per heavy atom. The van der Waals surface area contributed by atoms with E-state index in [0.717, 1.165) is 38.0 Å². The number of ether oxygens (including phenoxy) is 2. The third-order valence-electron chi connectivity index (χ3n) is 8.83. The highest BCUT2D eigenvalue weighted by Crippen LogP contribution is 2.16. The Hall–Kier alpha value is -1.10. The Morgan fingerprint density at radius 3 is 1.20 bits per heavy atom. The van der Waals surface area contributed by atoms with Crippen molar-refractivity contribution in [1.82, 2.24) is 0 Å². The van der Waals surface area contributed by atoms with Crippen LogP contribution in [0.1, 0.15) is 213 Å². The average molecular weight is 625 g/mol. The van der Waals surface area contributed by atoms with Crippen LogP contribution in [0, 0.1) is 5.92 Å². The molecule has 262 valence electrons. The lowest BCUT2D eigenvalue weighted by Gasteiger charge is -2.15. The maximum atomic E-state index is 12.1. The summed E-state index contributed by atoms with van der Waals surface area (Å²) in [6, 6.07) is 0. The highest BCUT2D eigenvalue weighted by Gasteiger charge is 2.16. The molecular weight excluding hydrogens is 548 g/mol. The van der Waals surface area contributed by atoms with Crippen LogP contribution in [0.3, 0.4) is 0 Å². The number of carbonyl (C=O) groups is 2. The molecule has 1 atom stereocenters. The molecule has 0 heterocycles. The van der Waals surface area contributed by atoms with Crippen molar-refractivity contribution >= 4 is 11.9 Å². The van der Waals surface area contributed by atoms with Crippen LogP contribution in [0.4, 0.5) is 0 Å². The van der Waals surface area contributed by atoms with Crippen LogP contribution in [0.15, 0.2) is 0 Å². The fourth-order valence-corrected chi connectivity index (χ4v) is 5.86. The number of carbonyl (C=O) groups excluding carboxylic acids is 2. The second-order valence-corrected chi connectivity index (χ2v) is 13.9. The van der Waals surface area contributed by atoms with Crippen molar-refractivity contribution in [2.45, 2.75) is 219 Å². The van der Waals surface area contributed by atoms with Gasteiger partial charge >= 0.3 is 11.9 Å². The van der Waals surface area contributed by atoms with Crippen molar-refractivity contribution in [2.24, 2.45) is 5.92 Å². The van der Waals surface area contributed by atoms with E-state index < -0.39 is 6.10 Å². The molecule has 0 aromatic carbocycles. The normalized spacial score (nSPS) is 12.1. The van der Waals surface area contributed by atoms with Crippen LogP contribution >= 0.6 is 0 Å². The molecule has 0 fully saturated rings. The molecule has 0 aliphatic rings. The summed E-state index contributed by atoms with van der Waals surface area (Å²) in [5.41, 5.74) is 0. The van der Waals surface area contributed by atoms with E-state index in [4.69, 9.17) is 9.47 Å². The lowest BCUT2D eigenvalue weighted by atomic mass is 10.0. The van der Waals surface area contributed by atoms with E-state index in [9.17, 15) is 14.7 Å². The second-order valence-electron chi connectivity index (χ2n) is 13.9. The third kappa shape index (κ3) is 33.8. The summed E-state index contributed by atoms with van der Waals surface area (Å²) in [7, 11) is 0. The summed E-state index contributed by atoms with van der Waals surface area (Å²) in [4.78, 5) is 24.2. The van der Waals surface area contributed by atoms with E-state index in [1.165, 1.54) is 148 Å². The Labute approximate surface area is 274 Å². The summed E-state index contributed by atoms with van der Waals surface area (Å²) in [5, 5.41) is 9.53. The number of hydrogen-bond donors (Lipinski definition) is 1. The van der Waals surface area contributed by atoms with Crippen LogP contribution < -0.4 is 0 Å². The number of hydrogen-bond acceptors (Lipinski definition) is 5. The zero-order valence-electron chi connectivity index (χ0n) is 29.9. The number of aliphatic hydroxyl groups excluding tert-OH is 1. The van der Waals surface area contributed by atoms with Gasteiger partial charge in [0, 0.05) is 12.8 Å². The minimum absolute atomic E-state index is 0.0577. The van der Waals surface area contributed by atoms with Gasteiger partial charge in [0.2, 0.25) is 0 Å². The van der Waals surface area contributed by atoms with Gasteiger partial charge in [-0.05, 0) is 18.8 Å². The minimum Gasteiger partial charge on any atom is -0.462 e. The van der Waals surface area contributed by atoms with Gasteiger partial charge in [0.05, 0.1) is 6.61 Å². The predicted molar refractivity (Wildman–Crippen MR) is 187 cm³/mol. The standard InChI is InChI=1S/C39H76O5/c1-4-5-6-7-8-9-10-17-21-24-27-30-33-39(42)44-37(34-40)35-43-38(41)32-29-26-23-20-18-15-13-11-12-14-16-19-22-25-28-31-36(2)3/h36-37,40H,4-35H2,1-3H3/t37-/m0/s1. The van der Waals surface area contributed by atoms with Gasteiger partial charge in [-0.3, -0.25) is 9.59 Å². The SMILES string of the molecule is CCCCCCCCCCCCCCC(=O)O[C@@H](CO)COC(=O)CCCCCCCCCCCCCCCCCC(C)C. The molecular formula is C39H76O5. The van der Waals surface area contributed by atoms with E-state index in [1.807, 2.05) is 0 Å². The highest BCUT2D eigenvalue weighted by molar-refractivity contribution is 5.70. The molecule has 0 amide bonds. The number of unbranched alkanes of at least 4 members (excludes halogenated alkanes) is 25. The summed E-state index contributed by atoms with van der Waals surface area (Å²) in [6.07, 6.45) is 35.9. The molecule has 44 heavy (non-hydrogen) atoms. The fraction of sp³-hybridized carbons (Fsp3) is 0.949. The smallest absolute Gasteiger partial charge is 0.306 e. The topological polar surface area (TPSA) is 72.8 Å². The summed E-state index contributed by atoms with van der Waals surface area (Å²) in [6.45, 7) is 6.51. The summed E-state index contributed by atoms with van der Waals surface area (Å²) >= 11 is 0. The van der Waals surface area contributed by atoms with Crippen molar-refractivity contribution < 1.29 is 24.2 Å². The molecule has 0 saturated carbocycles. The van der Waals surface area contributed by atoms with Crippen LogP contribution in [0.2, 0.25) is 0 Å². The molecule has 0 aliphatic carbocycles. The maximum Gasteiger partial charge on any atom is 0.306 e. The molecule has 0 aliphatic heterocycles. The first-order chi connectivity index (χ1) is 21.5. The first kappa shape index (κ1) is 42.9. The van der Waals surface area contributed by atoms with Gasteiger partial charge in [0.15, 0.2) is 6.10 Å². The molecule has 0 spiro atoms. The van der Waals surface area contributed by atoms with Gasteiger partial charge in [0.25, 0.3) is 0 Å². The van der Waals surface area contributed by atoms with Gasteiger partial charge in [-0.1, -0.05) is 188 Å². The molecule has 0 saturated heterocycles. The number of rotatable bonds is 35. The molecule has 0 aromatic heterocycles. The Bertz CT molecular complexity index is 605. The van der Waals surface area contributed by atoms with Gasteiger partial charge in [-0.15, -0.1) is 0 Å². The second kappa shape index (κ2) is 34.8. The van der Waals surface area contributed by atoms with E-state index in [1.54, 1.807) is 0 Å². The number of aliphatic hydroxyl groups is 1. The molecule has 0 unspecified atom stereocenters. The lowest BCUT2D eigenvalue weighted by Crippen LogP contribution is -2.28. The van der Waals surface area contributed by atoms with Gasteiger partial charge in [-0.25, -0.2) is 0 Å². The molecule has 1 N–H and O–H groups in total. The monoisotopic (exact) mass is 625 g/mol. The van der Waals surface area contributed by atoms with Gasteiger partial charge in [0.1, 0.15) is 6.61 Å². The Morgan fingerprint density at radius 1 is 0.500 bits per heavy atom. The van der Waals surface area contributed by atoms with Crippen molar-refractivity contribution in [2.75, 3.05) is 13.2 Å². The maximum absolute atomic E-state index is 12.1. The fourth-order valence-electron chi connectivity index (χ4n) is 5.86. The Balaban J connectivity index is 3.48. The molecule has 0 aromatic rings. The summed E-state index contributed by atoms with van der Waals surface area (Å²) in [5.74, 6) is 0.278. The van der Waals surface area contributed by atoms with Crippen molar-refractivity contribution in [3.05, 3.63) is 0 Å². The van der Waals surface area contributed by atoms with E-state index in [2.05, 4.69) is 20.8 Å². The van der Waals surface area contributed by atoms with E-state index in [-0.39, 0.29) is 25.2 Å². The van der Waals surface area contributed by atoms with Gasteiger partial charge < -0.3 is 14.6 Å². The Kier molecular flexibility index (Phi) is 33.9. The van der Waals surface area contributed by atoms with Gasteiger partial charge in [-0.2, -0.15) is 0 Å². The zero-order chi connectivity index (χ0) is 32.4. The van der Waals surface area contributed by atoms with Crippen LogP contribution in [-0.2, 0) is 19.1 Å². The molecule has 0 rings (SSSR count). The largest absolute Gasteiger partial charge is 0.462 e. The molecule has 5 nitrogen and oxygen atoms in total. The first-order valence-corrected chi connectivity index (χ1v) is 19.5. The number of esters is 2. The molecule has 0 bridgehead atoms. The third-order valence-corrected chi connectivity index (χ3v) is 8.83. The van der Waals surface area contributed by atoms with Crippen molar-refractivity contribution in [3.8, 4) is 0 Å². The molecule has 0 radical (unpaired) electrons. The highest BCUT2D eigenvalue weighted by atomic mass is 16.6. The van der Waals surface area contributed by atoms with Crippen LogP contribution in [0.5, 0.6) is 0 Å². The molecule has 5 heteroatoms. The zero-order valence-corrected chi connectivity index (χ0v) is 29.9. The van der Waals surface area contributed by atoms with Crippen LogP contribution in [0.25, 0.3) is 0 Å². The van der Waals surface area contributed by atoms with Crippen molar-refractivity contribution in [1.29, 1.82) is 0 Å². The lowest BCUT2D eigenvalue weighted by molar-refractivity contribution is -0.161. The van der Waals surface area contributed by atoms with E-state index in [0.29, 0.717) is 12.8 Å². The predicted octanol–water partition coefficient (Wildman–Crippen LogP) is 11.8. The van der Waals surface area contributed by atoms with E-state index >= 15 is 0 Å². The van der Waals surface area contributed by atoms with Crippen molar-refractivity contribution in [3.63, 3.8) is 0 Å².